The number of ether oxygens (including phenoxy) is 1. The highest BCUT2D eigenvalue weighted by atomic mass is 16.5. The fourth-order valence-electron chi connectivity index (χ4n) is 1.24. The largest absolute Gasteiger partial charge is 0.392 e. The lowest BCUT2D eigenvalue weighted by molar-refractivity contribution is 0.141. The molecule has 0 aromatic carbocycles. The number of aliphatic hydroxyl groups is 1. The molecule has 3 nitrogen and oxygen atoms in total. The predicted molar refractivity (Wildman–Crippen MR) is 38.9 cm³/mol. The summed E-state index contributed by atoms with van der Waals surface area (Å²) in [5.74, 6) is 0. The van der Waals surface area contributed by atoms with Gasteiger partial charge in [0.05, 0.1) is 12.7 Å². The Balaban J connectivity index is 2.06. The molecular weight excluding hydrogens is 130 g/mol. The molecule has 1 heterocycles. The number of β-amino-alcohol motifs (C(OH)–C–C–N with tert-alkyl or cyclic N) is 1. The van der Waals surface area contributed by atoms with E-state index < -0.39 is 0 Å². The Hall–Kier alpha value is -0.120. The van der Waals surface area contributed by atoms with Gasteiger partial charge in [-0.15, -0.1) is 0 Å². The molecule has 1 rings (SSSR count). The Labute approximate surface area is 61.6 Å². The van der Waals surface area contributed by atoms with E-state index in [-0.39, 0.29) is 6.10 Å². The van der Waals surface area contributed by atoms with E-state index >= 15 is 0 Å². The molecule has 1 fully saturated rings. The first kappa shape index (κ1) is 7.98. The highest BCUT2D eigenvalue weighted by molar-refractivity contribution is 4.73. The maximum atomic E-state index is 9.12. The van der Waals surface area contributed by atoms with Gasteiger partial charge in [-0.3, -0.25) is 4.90 Å². The third kappa shape index (κ3) is 2.25. The summed E-state index contributed by atoms with van der Waals surface area (Å²) in [4.78, 5) is 2.22. The maximum absolute atomic E-state index is 9.12. The quantitative estimate of drug-likeness (QED) is 0.592. The molecule has 10 heavy (non-hydrogen) atoms. The summed E-state index contributed by atoms with van der Waals surface area (Å²) in [6, 6.07) is 0. The lowest BCUT2D eigenvalue weighted by Crippen LogP contribution is -2.25. The minimum absolute atomic E-state index is 0.100. The van der Waals surface area contributed by atoms with Crippen LogP contribution in [0.4, 0.5) is 0 Å². The standard InChI is InChI=1S/C7H15NO2/c1-10-5-4-8-3-2-7(9)6-8/h7,9H,2-6H2,1H3. The molecule has 0 aromatic rings. The topological polar surface area (TPSA) is 32.7 Å². The zero-order valence-corrected chi connectivity index (χ0v) is 6.42. The Morgan fingerprint density at radius 2 is 2.50 bits per heavy atom. The van der Waals surface area contributed by atoms with Crippen molar-refractivity contribution in [3.63, 3.8) is 0 Å². The lowest BCUT2D eigenvalue weighted by Gasteiger charge is -2.12. The van der Waals surface area contributed by atoms with E-state index in [9.17, 15) is 0 Å². The molecule has 0 spiro atoms. The molecule has 0 radical (unpaired) electrons. The molecule has 1 aliphatic heterocycles. The molecule has 1 unspecified atom stereocenters. The van der Waals surface area contributed by atoms with Crippen molar-refractivity contribution in [1.82, 2.24) is 4.90 Å². The van der Waals surface area contributed by atoms with E-state index in [0.717, 1.165) is 32.7 Å². The van der Waals surface area contributed by atoms with Crippen molar-refractivity contribution in [2.45, 2.75) is 12.5 Å². The SMILES string of the molecule is COCCN1CCC(O)C1. The van der Waals surface area contributed by atoms with Gasteiger partial charge in [-0.25, -0.2) is 0 Å². The third-order valence-electron chi connectivity index (χ3n) is 1.86. The van der Waals surface area contributed by atoms with Gasteiger partial charge in [0.25, 0.3) is 0 Å². The summed E-state index contributed by atoms with van der Waals surface area (Å²) in [6.45, 7) is 3.56. The van der Waals surface area contributed by atoms with E-state index in [1.54, 1.807) is 7.11 Å². The molecule has 60 valence electrons. The fourth-order valence-corrected chi connectivity index (χ4v) is 1.24. The minimum Gasteiger partial charge on any atom is -0.392 e. The van der Waals surface area contributed by atoms with Crippen LogP contribution < -0.4 is 0 Å². The number of likely N-dealkylation sites (tertiary alicyclic amines) is 1. The average molecular weight is 145 g/mol. The van der Waals surface area contributed by atoms with E-state index in [2.05, 4.69) is 4.90 Å². The molecule has 0 saturated carbocycles. The van der Waals surface area contributed by atoms with Gasteiger partial charge in [0.1, 0.15) is 0 Å². The van der Waals surface area contributed by atoms with Gasteiger partial charge in [0.15, 0.2) is 0 Å². The Kier molecular flexibility index (Phi) is 3.12. The number of rotatable bonds is 3. The summed E-state index contributed by atoms with van der Waals surface area (Å²) < 4.78 is 4.92. The normalized spacial score (nSPS) is 27.6. The highest BCUT2D eigenvalue weighted by Crippen LogP contribution is 2.07. The summed E-state index contributed by atoms with van der Waals surface area (Å²) in [5, 5.41) is 9.12. The van der Waals surface area contributed by atoms with E-state index in [4.69, 9.17) is 9.84 Å². The second kappa shape index (κ2) is 3.91. The van der Waals surface area contributed by atoms with Crippen molar-refractivity contribution in [3.8, 4) is 0 Å². The average Bonchev–Trinajstić information content (AvgIpc) is 2.31. The highest BCUT2D eigenvalue weighted by Gasteiger charge is 2.18. The Bertz CT molecular complexity index is 97.6. The van der Waals surface area contributed by atoms with E-state index in [1.807, 2.05) is 0 Å². The molecule has 3 heteroatoms. The number of aliphatic hydroxyl groups excluding tert-OH is 1. The Morgan fingerprint density at radius 1 is 1.70 bits per heavy atom. The maximum Gasteiger partial charge on any atom is 0.0679 e. The molecule has 0 amide bonds. The third-order valence-corrected chi connectivity index (χ3v) is 1.86. The second-order valence-corrected chi connectivity index (χ2v) is 2.74. The van der Waals surface area contributed by atoms with Gasteiger partial charge >= 0.3 is 0 Å². The lowest BCUT2D eigenvalue weighted by atomic mass is 10.3. The van der Waals surface area contributed by atoms with Gasteiger partial charge in [-0.2, -0.15) is 0 Å². The van der Waals surface area contributed by atoms with Crippen molar-refractivity contribution in [2.75, 3.05) is 33.4 Å². The monoisotopic (exact) mass is 145 g/mol. The fraction of sp³-hybridized carbons (Fsp3) is 1.00. The van der Waals surface area contributed by atoms with Crippen LogP contribution in [-0.4, -0.2) is 49.5 Å². The smallest absolute Gasteiger partial charge is 0.0679 e. The first-order valence-corrected chi connectivity index (χ1v) is 3.72. The molecule has 0 aliphatic carbocycles. The molecule has 0 aromatic heterocycles. The molecule has 1 N–H and O–H groups in total. The molecule has 1 aliphatic rings. The summed E-state index contributed by atoms with van der Waals surface area (Å²) in [5.41, 5.74) is 0. The first-order chi connectivity index (χ1) is 4.83. The number of methoxy groups -OCH3 is 1. The Morgan fingerprint density at radius 3 is 3.00 bits per heavy atom. The minimum atomic E-state index is -0.100. The number of nitrogens with zero attached hydrogens (tertiary/aromatic N) is 1. The van der Waals surface area contributed by atoms with Crippen LogP contribution in [0.5, 0.6) is 0 Å². The number of hydrogen-bond acceptors (Lipinski definition) is 3. The van der Waals surface area contributed by atoms with E-state index in [0.29, 0.717) is 0 Å². The van der Waals surface area contributed by atoms with Crippen LogP contribution >= 0.6 is 0 Å². The first-order valence-electron chi connectivity index (χ1n) is 3.72. The van der Waals surface area contributed by atoms with E-state index in [1.165, 1.54) is 0 Å². The molecular formula is C7H15NO2. The van der Waals surface area contributed by atoms with Crippen molar-refractivity contribution in [2.24, 2.45) is 0 Å². The molecule has 1 saturated heterocycles. The van der Waals surface area contributed by atoms with Crippen molar-refractivity contribution in [3.05, 3.63) is 0 Å². The zero-order chi connectivity index (χ0) is 7.40. The summed E-state index contributed by atoms with van der Waals surface area (Å²) in [7, 11) is 1.70. The van der Waals surface area contributed by atoms with Crippen molar-refractivity contribution >= 4 is 0 Å². The van der Waals surface area contributed by atoms with Crippen LogP contribution in [0.25, 0.3) is 0 Å². The van der Waals surface area contributed by atoms with Crippen LogP contribution in [0.3, 0.4) is 0 Å². The number of hydrogen-bond donors (Lipinski definition) is 1. The second-order valence-electron chi connectivity index (χ2n) is 2.74. The van der Waals surface area contributed by atoms with Gasteiger partial charge in [0.2, 0.25) is 0 Å². The zero-order valence-electron chi connectivity index (χ0n) is 6.42. The summed E-state index contributed by atoms with van der Waals surface area (Å²) >= 11 is 0. The van der Waals surface area contributed by atoms with Crippen LogP contribution in [-0.2, 0) is 4.74 Å². The van der Waals surface area contributed by atoms with Crippen LogP contribution in [0.1, 0.15) is 6.42 Å². The molecule has 0 bridgehead atoms. The van der Waals surface area contributed by atoms with Crippen molar-refractivity contribution < 1.29 is 9.84 Å². The van der Waals surface area contributed by atoms with Crippen LogP contribution in [0.15, 0.2) is 0 Å². The predicted octanol–water partition coefficient (Wildman–Crippen LogP) is -0.301. The van der Waals surface area contributed by atoms with Crippen LogP contribution in [0.2, 0.25) is 0 Å². The van der Waals surface area contributed by atoms with Gasteiger partial charge in [0, 0.05) is 26.7 Å². The summed E-state index contributed by atoms with van der Waals surface area (Å²) in [6.07, 6.45) is 0.820. The van der Waals surface area contributed by atoms with Gasteiger partial charge in [-0.05, 0) is 6.42 Å². The van der Waals surface area contributed by atoms with Crippen LogP contribution in [0, 0.1) is 0 Å². The van der Waals surface area contributed by atoms with Gasteiger partial charge < -0.3 is 9.84 Å². The van der Waals surface area contributed by atoms with Crippen molar-refractivity contribution in [1.29, 1.82) is 0 Å². The van der Waals surface area contributed by atoms with Gasteiger partial charge in [-0.1, -0.05) is 0 Å². The molecule has 1 atom stereocenters.